The summed E-state index contributed by atoms with van der Waals surface area (Å²) < 4.78 is 14.1. The molecule has 0 aliphatic rings. The smallest absolute Gasteiger partial charge is 0.173 e. The van der Waals surface area contributed by atoms with Crippen LogP contribution in [0.5, 0.6) is 0 Å². The van der Waals surface area contributed by atoms with Gasteiger partial charge in [-0.3, -0.25) is 4.90 Å². The van der Waals surface area contributed by atoms with Gasteiger partial charge >= 0.3 is 0 Å². The Hall–Kier alpha value is -1.66. The molecule has 0 fully saturated rings. The molecule has 0 amide bonds. The van der Waals surface area contributed by atoms with E-state index in [1.807, 2.05) is 0 Å². The molecule has 0 radical (unpaired) electrons. The van der Waals surface area contributed by atoms with Crippen molar-refractivity contribution >= 4 is 5.84 Å². The Bertz CT molecular complexity index is 469. The van der Waals surface area contributed by atoms with E-state index in [2.05, 4.69) is 5.16 Å². The molecule has 0 unspecified atom stereocenters. The minimum atomic E-state index is -0.853. The van der Waals surface area contributed by atoms with Gasteiger partial charge in [-0.2, -0.15) is 0 Å². The van der Waals surface area contributed by atoms with Gasteiger partial charge in [-0.1, -0.05) is 17.3 Å². The van der Waals surface area contributed by atoms with Crippen molar-refractivity contribution in [3.8, 4) is 0 Å². The quantitative estimate of drug-likeness (QED) is 0.324. The van der Waals surface area contributed by atoms with Gasteiger partial charge in [0.15, 0.2) is 5.84 Å². The molecule has 1 rings (SSSR count). The number of hydrogen-bond donors (Lipinski definition) is 3. The van der Waals surface area contributed by atoms with Crippen LogP contribution in [0.25, 0.3) is 0 Å². The van der Waals surface area contributed by atoms with Gasteiger partial charge in [0.1, 0.15) is 5.82 Å². The highest BCUT2D eigenvalue weighted by atomic mass is 19.1. The normalized spacial score (nSPS) is 13.1. The Balaban J connectivity index is 2.91. The molecule has 0 aliphatic carbocycles. The van der Waals surface area contributed by atoms with E-state index in [9.17, 15) is 9.50 Å². The molecule has 106 valence electrons. The van der Waals surface area contributed by atoms with E-state index < -0.39 is 11.4 Å². The van der Waals surface area contributed by atoms with Crippen molar-refractivity contribution in [3.63, 3.8) is 0 Å². The standard InChI is InChI=1S/C13H20FN3O2/c1-13(2,18)8-17(3)7-9-5-4-6-10(11(9)14)12(15)16-19/h4-6,18-19H,7-8H2,1-3H3,(H2,15,16). The maximum Gasteiger partial charge on any atom is 0.173 e. The fourth-order valence-electron chi connectivity index (χ4n) is 1.96. The predicted octanol–water partition coefficient (Wildman–Crippen LogP) is 1.12. The van der Waals surface area contributed by atoms with Crippen LogP contribution in [-0.4, -0.2) is 40.2 Å². The predicted molar refractivity (Wildman–Crippen MR) is 71.5 cm³/mol. The molecule has 19 heavy (non-hydrogen) atoms. The topological polar surface area (TPSA) is 82.1 Å². The summed E-state index contributed by atoms with van der Waals surface area (Å²) in [6.07, 6.45) is 0. The molecule has 0 spiro atoms. The fourth-order valence-corrected chi connectivity index (χ4v) is 1.96. The molecular weight excluding hydrogens is 249 g/mol. The van der Waals surface area contributed by atoms with Crippen LogP contribution < -0.4 is 5.73 Å². The summed E-state index contributed by atoms with van der Waals surface area (Å²) in [6.45, 7) is 4.10. The van der Waals surface area contributed by atoms with E-state index in [1.165, 1.54) is 6.07 Å². The Morgan fingerprint density at radius 2 is 2.11 bits per heavy atom. The van der Waals surface area contributed by atoms with Crippen molar-refractivity contribution < 1.29 is 14.7 Å². The molecule has 0 saturated heterocycles. The van der Waals surface area contributed by atoms with Crippen LogP contribution in [0.3, 0.4) is 0 Å². The van der Waals surface area contributed by atoms with Crippen LogP contribution in [0, 0.1) is 5.82 Å². The van der Waals surface area contributed by atoms with E-state index in [1.54, 1.807) is 37.9 Å². The number of oxime groups is 1. The summed E-state index contributed by atoms with van der Waals surface area (Å²) in [7, 11) is 1.79. The Morgan fingerprint density at radius 1 is 1.47 bits per heavy atom. The number of halogens is 1. The summed E-state index contributed by atoms with van der Waals surface area (Å²) in [4.78, 5) is 1.80. The fraction of sp³-hybridized carbons (Fsp3) is 0.462. The van der Waals surface area contributed by atoms with Crippen LogP contribution in [0.4, 0.5) is 4.39 Å². The highest BCUT2D eigenvalue weighted by molar-refractivity contribution is 5.97. The van der Waals surface area contributed by atoms with E-state index in [0.717, 1.165) is 0 Å². The molecule has 0 atom stereocenters. The lowest BCUT2D eigenvalue weighted by Crippen LogP contribution is -2.36. The van der Waals surface area contributed by atoms with Gasteiger partial charge in [0.25, 0.3) is 0 Å². The number of benzene rings is 1. The molecule has 4 N–H and O–H groups in total. The van der Waals surface area contributed by atoms with Crippen LogP contribution in [0.2, 0.25) is 0 Å². The van der Waals surface area contributed by atoms with Crippen molar-refractivity contribution in [3.05, 3.63) is 35.1 Å². The first kappa shape index (κ1) is 15.4. The molecular formula is C13H20FN3O2. The maximum atomic E-state index is 14.1. The third-order valence-corrected chi connectivity index (χ3v) is 2.56. The number of nitrogens with two attached hydrogens (primary N) is 1. The largest absolute Gasteiger partial charge is 0.409 e. The number of nitrogens with zero attached hydrogens (tertiary/aromatic N) is 2. The van der Waals surface area contributed by atoms with Gasteiger partial charge in [0, 0.05) is 18.7 Å². The third kappa shape index (κ3) is 4.50. The van der Waals surface area contributed by atoms with Crippen molar-refractivity contribution in [1.29, 1.82) is 0 Å². The summed E-state index contributed by atoms with van der Waals surface area (Å²) in [6, 6.07) is 4.72. The van der Waals surface area contributed by atoms with E-state index in [4.69, 9.17) is 10.9 Å². The van der Waals surface area contributed by atoms with E-state index in [-0.39, 0.29) is 11.4 Å². The second kappa shape index (κ2) is 5.99. The number of aliphatic hydroxyl groups is 1. The van der Waals surface area contributed by atoms with Crippen LogP contribution in [0.1, 0.15) is 25.0 Å². The molecule has 6 heteroatoms. The zero-order chi connectivity index (χ0) is 14.6. The maximum absolute atomic E-state index is 14.1. The van der Waals surface area contributed by atoms with Crippen molar-refractivity contribution in [2.24, 2.45) is 10.9 Å². The number of hydrogen-bond acceptors (Lipinski definition) is 4. The van der Waals surface area contributed by atoms with Crippen LogP contribution >= 0.6 is 0 Å². The number of likely N-dealkylation sites (N-methyl/N-ethyl adjacent to an activating group) is 1. The molecule has 1 aromatic carbocycles. The Labute approximate surface area is 112 Å². The van der Waals surface area contributed by atoms with Crippen LogP contribution in [-0.2, 0) is 6.54 Å². The van der Waals surface area contributed by atoms with Crippen molar-refractivity contribution in [2.45, 2.75) is 26.0 Å². The first-order valence-corrected chi connectivity index (χ1v) is 5.91. The second-order valence-corrected chi connectivity index (χ2v) is 5.25. The first-order chi connectivity index (χ1) is 8.74. The number of rotatable bonds is 5. The third-order valence-electron chi connectivity index (χ3n) is 2.56. The lowest BCUT2D eigenvalue weighted by molar-refractivity contribution is 0.0422. The lowest BCUT2D eigenvalue weighted by Gasteiger charge is -2.25. The molecule has 0 saturated carbocycles. The first-order valence-electron chi connectivity index (χ1n) is 5.91. The van der Waals surface area contributed by atoms with Gasteiger partial charge < -0.3 is 16.0 Å². The minimum Gasteiger partial charge on any atom is -0.409 e. The summed E-state index contributed by atoms with van der Waals surface area (Å²) in [5.41, 5.74) is 5.04. The lowest BCUT2D eigenvalue weighted by atomic mass is 10.1. The average Bonchev–Trinajstić information content (AvgIpc) is 2.28. The molecule has 1 aromatic rings. The average molecular weight is 269 g/mol. The Morgan fingerprint density at radius 3 is 2.63 bits per heavy atom. The summed E-state index contributed by atoms with van der Waals surface area (Å²) in [5.74, 6) is -0.773. The van der Waals surface area contributed by atoms with E-state index in [0.29, 0.717) is 18.7 Å². The van der Waals surface area contributed by atoms with Crippen molar-refractivity contribution in [2.75, 3.05) is 13.6 Å². The molecule has 0 aromatic heterocycles. The second-order valence-electron chi connectivity index (χ2n) is 5.25. The minimum absolute atomic E-state index is 0.0664. The molecule has 0 aliphatic heterocycles. The monoisotopic (exact) mass is 269 g/mol. The molecule has 0 bridgehead atoms. The van der Waals surface area contributed by atoms with E-state index >= 15 is 0 Å². The zero-order valence-electron chi connectivity index (χ0n) is 11.4. The van der Waals surface area contributed by atoms with Gasteiger partial charge in [-0.25, -0.2) is 4.39 Å². The van der Waals surface area contributed by atoms with Gasteiger partial charge in [0.2, 0.25) is 0 Å². The zero-order valence-corrected chi connectivity index (χ0v) is 11.4. The molecule has 5 nitrogen and oxygen atoms in total. The van der Waals surface area contributed by atoms with Crippen molar-refractivity contribution in [1.82, 2.24) is 4.90 Å². The SMILES string of the molecule is CN(Cc1cccc(/C(N)=N/O)c1F)CC(C)(C)O. The highest BCUT2D eigenvalue weighted by Crippen LogP contribution is 2.15. The van der Waals surface area contributed by atoms with Gasteiger partial charge in [-0.15, -0.1) is 0 Å². The highest BCUT2D eigenvalue weighted by Gasteiger charge is 2.18. The summed E-state index contributed by atoms with van der Waals surface area (Å²) in [5, 5.41) is 21.1. The Kier molecular flexibility index (Phi) is 4.85. The summed E-state index contributed by atoms with van der Waals surface area (Å²) >= 11 is 0. The number of amidine groups is 1. The molecule has 0 heterocycles. The van der Waals surface area contributed by atoms with Gasteiger partial charge in [0.05, 0.1) is 11.2 Å². The van der Waals surface area contributed by atoms with Crippen LogP contribution in [0.15, 0.2) is 23.4 Å². The van der Waals surface area contributed by atoms with Gasteiger partial charge in [-0.05, 0) is 27.0 Å².